The molecule has 0 saturated carbocycles. The Kier molecular flexibility index (Phi) is 5.99. The van der Waals surface area contributed by atoms with Crippen LogP contribution < -0.4 is 10.1 Å². The standard InChI is InChI=1S/C23H26N4O2S/c1-15-7-6-8-16(2)22(15)29-18-10-11-24-21(13-18)26-23-25-19(14-30-23)20-9-4-5-12-27(20)17(3)28/h6-8,10-11,13-14,20H,4-5,9,12H2,1-3H3,(H,24,25,26). The van der Waals surface area contributed by atoms with Crippen molar-refractivity contribution in [3.8, 4) is 11.5 Å². The van der Waals surface area contributed by atoms with Crippen LogP contribution in [0.3, 0.4) is 0 Å². The number of nitrogens with one attached hydrogen (secondary N) is 1. The molecule has 1 saturated heterocycles. The Balaban J connectivity index is 1.49. The van der Waals surface area contributed by atoms with Crippen molar-refractivity contribution in [2.45, 2.75) is 46.1 Å². The van der Waals surface area contributed by atoms with Gasteiger partial charge in [0.1, 0.15) is 17.3 Å². The fourth-order valence-electron chi connectivity index (χ4n) is 3.84. The lowest BCUT2D eigenvalue weighted by Crippen LogP contribution is -2.37. The van der Waals surface area contributed by atoms with Crippen LogP contribution in [0.5, 0.6) is 11.5 Å². The van der Waals surface area contributed by atoms with Gasteiger partial charge in [-0.15, -0.1) is 11.3 Å². The molecule has 1 atom stereocenters. The van der Waals surface area contributed by atoms with E-state index in [4.69, 9.17) is 9.72 Å². The van der Waals surface area contributed by atoms with Gasteiger partial charge in [-0.2, -0.15) is 0 Å². The minimum atomic E-state index is 0.0645. The van der Waals surface area contributed by atoms with Crippen molar-refractivity contribution in [1.29, 1.82) is 0 Å². The van der Waals surface area contributed by atoms with Crippen LogP contribution in [0.25, 0.3) is 0 Å². The van der Waals surface area contributed by atoms with Crippen LogP contribution in [0.2, 0.25) is 0 Å². The van der Waals surface area contributed by atoms with Crippen molar-refractivity contribution < 1.29 is 9.53 Å². The third-order valence-electron chi connectivity index (χ3n) is 5.37. The zero-order valence-corrected chi connectivity index (χ0v) is 18.3. The number of rotatable bonds is 5. The van der Waals surface area contributed by atoms with Crippen molar-refractivity contribution in [2.24, 2.45) is 0 Å². The van der Waals surface area contributed by atoms with Gasteiger partial charge in [0, 0.05) is 31.1 Å². The quantitative estimate of drug-likeness (QED) is 0.566. The topological polar surface area (TPSA) is 67.4 Å². The van der Waals surface area contributed by atoms with Gasteiger partial charge in [-0.05, 0) is 50.3 Å². The van der Waals surface area contributed by atoms with E-state index in [2.05, 4.69) is 10.3 Å². The molecule has 0 aliphatic carbocycles. The largest absolute Gasteiger partial charge is 0.457 e. The molecule has 4 rings (SSSR count). The van der Waals surface area contributed by atoms with Crippen molar-refractivity contribution in [2.75, 3.05) is 11.9 Å². The highest BCUT2D eigenvalue weighted by molar-refractivity contribution is 7.13. The minimum absolute atomic E-state index is 0.0645. The van der Waals surface area contributed by atoms with E-state index >= 15 is 0 Å². The molecule has 6 nitrogen and oxygen atoms in total. The number of carbonyl (C=O) groups excluding carboxylic acids is 1. The summed E-state index contributed by atoms with van der Waals surface area (Å²) in [6, 6.07) is 9.88. The molecular weight excluding hydrogens is 396 g/mol. The Morgan fingerprint density at radius 3 is 2.80 bits per heavy atom. The van der Waals surface area contributed by atoms with Crippen molar-refractivity contribution >= 4 is 28.2 Å². The van der Waals surface area contributed by atoms with Gasteiger partial charge in [0.05, 0.1) is 11.7 Å². The number of pyridine rings is 1. The maximum atomic E-state index is 12.0. The average Bonchev–Trinajstić information content (AvgIpc) is 3.19. The number of thiazole rings is 1. The predicted octanol–water partition coefficient (Wildman–Crippen LogP) is 5.76. The third-order valence-corrected chi connectivity index (χ3v) is 6.14. The molecule has 1 fully saturated rings. The van der Waals surface area contributed by atoms with Crippen LogP contribution in [0.1, 0.15) is 49.0 Å². The second-order valence-corrected chi connectivity index (χ2v) is 8.48. The van der Waals surface area contributed by atoms with Crippen LogP contribution in [-0.2, 0) is 4.79 Å². The van der Waals surface area contributed by atoms with Crippen molar-refractivity contribution in [3.05, 3.63) is 58.7 Å². The number of piperidine rings is 1. The highest BCUT2D eigenvalue weighted by Crippen LogP contribution is 2.34. The first-order chi connectivity index (χ1) is 14.5. The van der Waals surface area contributed by atoms with E-state index in [1.807, 2.05) is 54.5 Å². The molecule has 1 aromatic carbocycles. The molecule has 3 heterocycles. The number of anilines is 2. The molecule has 0 spiro atoms. The van der Waals surface area contributed by atoms with E-state index in [0.717, 1.165) is 59.3 Å². The highest BCUT2D eigenvalue weighted by Gasteiger charge is 2.27. The summed E-state index contributed by atoms with van der Waals surface area (Å²) in [5, 5.41) is 6.07. The first-order valence-electron chi connectivity index (χ1n) is 10.2. The molecule has 1 aliphatic heterocycles. The van der Waals surface area contributed by atoms with E-state index < -0.39 is 0 Å². The van der Waals surface area contributed by atoms with Crippen LogP contribution in [-0.4, -0.2) is 27.3 Å². The number of carbonyl (C=O) groups is 1. The Morgan fingerprint density at radius 1 is 1.23 bits per heavy atom. The number of benzene rings is 1. The SMILES string of the molecule is CC(=O)N1CCCCC1c1csc(Nc2cc(Oc3c(C)cccc3C)ccn2)n1. The van der Waals surface area contributed by atoms with Crippen molar-refractivity contribution in [3.63, 3.8) is 0 Å². The van der Waals surface area contributed by atoms with Gasteiger partial charge in [-0.1, -0.05) is 18.2 Å². The van der Waals surface area contributed by atoms with Crippen LogP contribution in [0, 0.1) is 13.8 Å². The van der Waals surface area contributed by atoms with Gasteiger partial charge in [0.2, 0.25) is 5.91 Å². The minimum Gasteiger partial charge on any atom is -0.457 e. The molecule has 7 heteroatoms. The van der Waals surface area contributed by atoms with Gasteiger partial charge in [-0.3, -0.25) is 4.79 Å². The summed E-state index contributed by atoms with van der Waals surface area (Å²) in [6.45, 7) is 6.51. The lowest BCUT2D eigenvalue weighted by Gasteiger charge is -2.34. The van der Waals surface area contributed by atoms with Crippen molar-refractivity contribution in [1.82, 2.24) is 14.9 Å². The third kappa shape index (κ3) is 4.46. The van der Waals surface area contributed by atoms with Gasteiger partial charge < -0.3 is 15.0 Å². The van der Waals surface area contributed by atoms with Gasteiger partial charge in [0.15, 0.2) is 5.13 Å². The molecule has 0 radical (unpaired) electrons. The van der Waals surface area contributed by atoms with Gasteiger partial charge in [0.25, 0.3) is 0 Å². The number of hydrogen-bond acceptors (Lipinski definition) is 6. The number of amides is 1. The van der Waals surface area contributed by atoms with E-state index in [0.29, 0.717) is 5.82 Å². The van der Waals surface area contributed by atoms with Crippen LogP contribution in [0.15, 0.2) is 41.9 Å². The molecule has 156 valence electrons. The molecule has 1 unspecified atom stereocenters. The second-order valence-electron chi connectivity index (χ2n) is 7.63. The smallest absolute Gasteiger partial charge is 0.220 e. The average molecular weight is 423 g/mol. The molecule has 1 amide bonds. The first kappa shape index (κ1) is 20.3. The number of hydrogen-bond donors (Lipinski definition) is 1. The first-order valence-corrected chi connectivity index (χ1v) is 11.1. The molecule has 30 heavy (non-hydrogen) atoms. The zero-order valence-electron chi connectivity index (χ0n) is 17.5. The molecule has 2 aromatic heterocycles. The molecule has 0 bridgehead atoms. The molecular formula is C23H26N4O2S. The monoisotopic (exact) mass is 422 g/mol. The number of likely N-dealkylation sites (tertiary alicyclic amines) is 1. The number of nitrogens with zero attached hydrogens (tertiary/aromatic N) is 3. The lowest BCUT2D eigenvalue weighted by molar-refractivity contribution is -0.132. The molecule has 1 aliphatic rings. The number of ether oxygens (including phenoxy) is 1. The Bertz CT molecular complexity index is 1030. The van der Waals surface area contributed by atoms with Gasteiger partial charge in [-0.25, -0.2) is 9.97 Å². The Labute approximate surface area is 180 Å². The number of aromatic nitrogens is 2. The summed E-state index contributed by atoms with van der Waals surface area (Å²) < 4.78 is 6.12. The van der Waals surface area contributed by atoms with Crippen LogP contribution >= 0.6 is 11.3 Å². The predicted molar refractivity (Wildman–Crippen MR) is 120 cm³/mol. The highest BCUT2D eigenvalue weighted by atomic mass is 32.1. The molecule has 1 N–H and O–H groups in total. The summed E-state index contributed by atoms with van der Waals surface area (Å²) in [5.74, 6) is 2.37. The summed E-state index contributed by atoms with van der Waals surface area (Å²) in [5.41, 5.74) is 3.13. The van der Waals surface area contributed by atoms with Crippen LogP contribution in [0.4, 0.5) is 10.9 Å². The van der Waals surface area contributed by atoms with E-state index in [1.54, 1.807) is 13.1 Å². The fraction of sp³-hybridized carbons (Fsp3) is 0.348. The fourth-order valence-corrected chi connectivity index (χ4v) is 4.61. The van der Waals surface area contributed by atoms with E-state index in [-0.39, 0.29) is 11.9 Å². The summed E-state index contributed by atoms with van der Waals surface area (Å²) in [7, 11) is 0. The zero-order chi connectivity index (χ0) is 21.1. The summed E-state index contributed by atoms with van der Waals surface area (Å²) in [4.78, 5) is 23.0. The second kappa shape index (κ2) is 8.83. The van der Waals surface area contributed by atoms with Gasteiger partial charge >= 0.3 is 0 Å². The maximum absolute atomic E-state index is 12.0. The number of para-hydroxylation sites is 1. The summed E-state index contributed by atoms with van der Waals surface area (Å²) in [6.07, 6.45) is 4.86. The van der Waals surface area contributed by atoms with E-state index in [9.17, 15) is 4.79 Å². The Hall–Kier alpha value is -2.93. The summed E-state index contributed by atoms with van der Waals surface area (Å²) >= 11 is 1.53. The number of aryl methyl sites for hydroxylation is 2. The normalized spacial score (nSPS) is 16.4. The maximum Gasteiger partial charge on any atom is 0.220 e. The molecule has 3 aromatic rings. The van der Waals surface area contributed by atoms with E-state index in [1.165, 1.54) is 11.3 Å². The Morgan fingerprint density at radius 2 is 2.03 bits per heavy atom. The lowest BCUT2D eigenvalue weighted by atomic mass is 10.00.